The van der Waals surface area contributed by atoms with E-state index >= 15 is 0 Å². The van der Waals surface area contributed by atoms with Crippen molar-refractivity contribution in [1.29, 1.82) is 0 Å². The molecule has 0 saturated heterocycles. The molecule has 97 heavy (non-hydrogen) atoms. The molecule has 0 aliphatic heterocycles. The number of benzene rings is 18. The predicted octanol–water partition coefficient (Wildman–Crippen LogP) is 27.9. The molecule has 19 rings (SSSR count). The summed E-state index contributed by atoms with van der Waals surface area (Å²) >= 11 is 3.72. The summed E-state index contributed by atoms with van der Waals surface area (Å²) in [5.41, 5.74) is 20.8. The van der Waals surface area contributed by atoms with Crippen molar-refractivity contribution in [3.05, 3.63) is 361 Å². The summed E-state index contributed by atoms with van der Waals surface area (Å²) in [6.45, 7) is 6.68. The Morgan fingerprint density at radius 2 is 0.567 bits per heavy atom. The monoisotopic (exact) mass is 1300 g/mol. The second-order valence-corrected chi connectivity index (χ2v) is 26.5. The molecule has 0 aliphatic carbocycles. The Morgan fingerprint density at radius 3 is 1.07 bits per heavy atom. The van der Waals surface area contributed by atoms with E-state index in [2.05, 4.69) is 370 Å². The maximum atomic E-state index is 6.38. The third-order valence-electron chi connectivity index (χ3n) is 19.7. The first kappa shape index (κ1) is 59.1. The van der Waals surface area contributed by atoms with Gasteiger partial charge in [0.15, 0.2) is 0 Å². The molecule has 1 aromatic heterocycles. The minimum absolute atomic E-state index is 0.916. The Kier molecular flexibility index (Phi) is 15.2. The van der Waals surface area contributed by atoms with E-state index in [-0.39, 0.29) is 0 Å². The molecule has 0 unspecified atom stereocenters. The molecule has 0 bridgehead atoms. The Hall–Kier alpha value is -11.7. The van der Waals surface area contributed by atoms with Crippen molar-refractivity contribution < 1.29 is 4.42 Å². The van der Waals surface area contributed by atoms with Crippen LogP contribution in [-0.2, 0) is 0 Å². The summed E-state index contributed by atoms with van der Waals surface area (Å²) in [4.78, 5) is 0. The third-order valence-corrected chi connectivity index (χ3v) is 20.3. The fourth-order valence-corrected chi connectivity index (χ4v) is 15.7. The van der Waals surface area contributed by atoms with Gasteiger partial charge in [-0.2, -0.15) is 0 Å². The van der Waals surface area contributed by atoms with Crippen LogP contribution >= 0.6 is 15.9 Å². The lowest BCUT2D eigenvalue weighted by atomic mass is 9.84. The molecule has 0 N–H and O–H groups in total. The zero-order valence-electron chi connectivity index (χ0n) is 54.1. The maximum Gasteiger partial charge on any atom is 0.137 e. The minimum atomic E-state index is 0.916. The highest BCUT2D eigenvalue weighted by Crippen LogP contribution is 2.46. The van der Waals surface area contributed by atoms with Crippen LogP contribution < -0.4 is 0 Å². The van der Waals surface area contributed by atoms with Crippen LogP contribution in [0.1, 0.15) is 16.7 Å². The molecule has 0 aliphatic rings. The van der Waals surface area contributed by atoms with Crippen LogP contribution in [0.3, 0.4) is 0 Å². The lowest BCUT2D eigenvalue weighted by Gasteiger charge is -2.19. The zero-order valence-corrected chi connectivity index (χ0v) is 55.7. The van der Waals surface area contributed by atoms with Gasteiger partial charge in [-0.3, -0.25) is 0 Å². The van der Waals surface area contributed by atoms with E-state index in [9.17, 15) is 0 Å². The van der Waals surface area contributed by atoms with Crippen molar-refractivity contribution in [2.24, 2.45) is 0 Å². The first-order valence-electron chi connectivity index (χ1n) is 33.4. The fourth-order valence-electron chi connectivity index (χ4n) is 15.1. The molecule has 0 radical (unpaired) electrons. The molecule has 0 amide bonds. The quantitative estimate of drug-likeness (QED) is 0.151. The Bertz CT molecular complexity index is 6290. The second kappa shape index (κ2) is 24.9. The predicted molar refractivity (Wildman–Crippen MR) is 421 cm³/mol. The lowest BCUT2D eigenvalue weighted by Crippen LogP contribution is -1.94. The van der Waals surface area contributed by atoms with Gasteiger partial charge < -0.3 is 4.42 Å². The van der Waals surface area contributed by atoms with Crippen LogP contribution in [0.25, 0.3) is 175 Å². The molecule has 0 atom stereocenters. The average Bonchev–Trinajstić information content (AvgIpc) is 1.72. The fraction of sp³-hybridized carbons (Fsp3) is 0.0316. The summed E-state index contributed by atoms with van der Waals surface area (Å²) in [6, 6.07) is 123. The Labute approximate surface area is 572 Å². The molecule has 19 aromatic rings. The minimum Gasteiger partial charge on any atom is -0.456 e. The number of halogens is 1. The van der Waals surface area contributed by atoms with E-state index in [0.717, 1.165) is 15.6 Å². The average molecular weight is 1300 g/mol. The smallest absolute Gasteiger partial charge is 0.137 e. The van der Waals surface area contributed by atoms with Gasteiger partial charge in [-0.25, -0.2) is 0 Å². The highest BCUT2D eigenvalue weighted by Gasteiger charge is 2.20. The van der Waals surface area contributed by atoms with Crippen LogP contribution in [0.4, 0.5) is 0 Å². The topological polar surface area (TPSA) is 13.1 Å². The summed E-state index contributed by atoms with van der Waals surface area (Å²) in [7, 11) is 0. The van der Waals surface area contributed by atoms with E-state index in [1.54, 1.807) is 0 Å². The van der Waals surface area contributed by atoms with Gasteiger partial charge in [-0.1, -0.05) is 319 Å². The van der Waals surface area contributed by atoms with Gasteiger partial charge in [0.1, 0.15) is 11.2 Å². The summed E-state index contributed by atoms with van der Waals surface area (Å²) in [6.07, 6.45) is 0. The maximum absolute atomic E-state index is 6.38. The van der Waals surface area contributed by atoms with Gasteiger partial charge in [0, 0.05) is 15.2 Å². The standard InChI is InChI=1S/C48H34.C28H15BrO.C19H16/c1-31-26-46-40-22-8-6-20-38(40)39-21-7-9-23-41(39)47(46)30-44(31)48-32(2)27-45(42-24-10-11-25-43(42)48)37-19-13-18-36(29-37)35-17-12-16-34(28-35)33-14-4-3-5-15-33;29-25-15-27-28(21-12-6-5-11-20(21)25)24-13-22-18-9-3-1-7-16(18)17-8-2-4-10-19(17)23(22)14-26(24)30-27;1-15-7-5-10-17(13-15)19-12-6-11-18(14-19)16-8-3-2-4-9-16/h3-30H,1-2H3;1-15H;2-14H,1H3. The van der Waals surface area contributed by atoms with E-state index in [0.29, 0.717) is 0 Å². The van der Waals surface area contributed by atoms with Gasteiger partial charge in [0.05, 0.1) is 0 Å². The lowest BCUT2D eigenvalue weighted by molar-refractivity contribution is 0.669. The van der Waals surface area contributed by atoms with Crippen LogP contribution in [0.5, 0.6) is 0 Å². The number of hydrogen-bond donors (Lipinski definition) is 0. The van der Waals surface area contributed by atoms with Gasteiger partial charge in [-0.05, 0) is 227 Å². The van der Waals surface area contributed by atoms with Crippen molar-refractivity contribution in [2.45, 2.75) is 20.8 Å². The number of aryl methyl sites for hydroxylation is 3. The van der Waals surface area contributed by atoms with Crippen LogP contribution in [0, 0.1) is 20.8 Å². The summed E-state index contributed by atoms with van der Waals surface area (Å²) in [5.74, 6) is 0. The first-order chi connectivity index (χ1) is 47.8. The van der Waals surface area contributed by atoms with Crippen molar-refractivity contribution in [2.75, 3.05) is 0 Å². The van der Waals surface area contributed by atoms with Crippen molar-refractivity contribution in [1.82, 2.24) is 0 Å². The molecule has 0 spiro atoms. The van der Waals surface area contributed by atoms with Crippen molar-refractivity contribution in [3.8, 4) is 66.8 Å². The highest BCUT2D eigenvalue weighted by molar-refractivity contribution is 9.10. The number of fused-ring (bicyclic) bond motifs is 18. The molecule has 0 fully saturated rings. The normalized spacial score (nSPS) is 11.5. The molecule has 458 valence electrons. The summed E-state index contributed by atoms with van der Waals surface area (Å²) in [5, 5.41) is 22.8. The van der Waals surface area contributed by atoms with Crippen LogP contribution in [0.2, 0.25) is 0 Å². The van der Waals surface area contributed by atoms with Crippen LogP contribution in [-0.4, -0.2) is 0 Å². The molecular weight excluding hydrogens is 1240 g/mol. The van der Waals surface area contributed by atoms with E-state index < -0.39 is 0 Å². The third kappa shape index (κ3) is 10.8. The number of hydrogen-bond acceptors (Lipinski definition) is 1. The van der Waals surface area contributed by atoms with E-state index in [4.69, 9.17) is 4.42 Å². The second-order valence-electron chi connectivity index (χ2n) is 25.7. The molecule has 18 aromatic carbocycles. The Balaban J connectivity index is 0.000000122. The van der Waals surface area contributed by atoms with Gasteiger partial charge in [-0.15, -0.1) is 0 Å². The van der Waals surface area contributed by atoms with Crippen LogP contribution in [0.15, 0.2) is 349 Å². The number of furan rings is 1. The zero-order chi connectivity index (χ0) is 65.1. The molecule has 1 heterocycles. The highest BCUT2D eigenvalue weighted by atomic mass is 79.9. The van der Waals surface area contributed by atoms with Gasteiger partial charge in [0.25, 0.3) is 0 Å². The van der Waals surface area contributed by atoms with Crippen molar-refractivity contribution in [3.63, 3.8) is 0 Å². The Morgan fingerprint density at radius 1 is 0.206 bits per heavy atom. The van der Waals surface area contributed by atoms with Gasteiger partial charge in [0.2, 0.25) is 0 Å². The molecule has 0 saturated carbocycles. The van der Waals surface area contributed by atoms with E-state index in [1.165, 1.54) is 180 Å². The SMILES string of the molecule is Brc1cc2oc3cc4c5ccccc5c5ccccc5c4cc3c2c2ccccc12.Cc1cc2c3ccccc3c3ccccc3c2cc1-c1c(C)cc(-c2cccc(-c3cccc(-c4ccccc4)c3)c2)c2ccccc12.Cc1cccc(-c2cccc(-c3ccccc3)c2)c1. The van der Waals surface area contributed by atoms with Gasteiger partial charge >= 0.3 is 0 Å². The van der Waals surface area contributed by atoms with E-state index in [1.807, 2.05) is 6.07 Å². The molecular formula is C95H65BrO. The first-order valence-corrected chi connectivity index (χ1v) is 34.2. The van der Waals surface area contributed by atoms with Crippen molar-refractivity contribution >= 4 is 124 Å². The molecule has 1 nitrogen and oxygen atoms in total. The largest absolute Gasteiger partial charge is 0.456 e. The molecule has 2 heteroatoms. The number of rotatable bonds is 6. The summed E-state index contributed by atoms with van der Waals surface area (Å²) < 4.78 is 7.44.